The summed E-state index contributed by atoms with van der Waals surface area (Å²) >= 11 is 0. The third-order valence-corrected chi connectivity index (χ3v) is 11.5. The summed E-state index contributed by atoms with van der Waals surface area (Å²) in [4.78, 5) is 0.446. The van der Waals surface area contributed by atoms with E-state index in [1.54, 1.807) is 0 Å². The van der Waals surface area contributed by atoms with Gasteiger partial charge in [-0.05, 0) is 75.6 Å². The van der Waals surface area contributed by atoms with E-state index in [4.69, 9.17) is 0 Å². The van der Waals surface area contributed by atoms with Crippen molar-refractivity contribution in [2.75, 3.05) is 0 Å². The number of unbranched alkanes of at least 4 members (excludes halogenated alkanes) is 1. The van der Waals surface area contributed by atoms with E-state index in [1.807, 2.05) is 24.3 Å². The molecule has 0 radical (unpaired) electrons. The van der Waals surface area contributed by atoms with Crippen LogP contribution >= 0.6 is 8.07 Å². The second kappa shape index (κ2) is 10.4. The minimum Gasteiger partial charge on any atom is -0.207 e. The van der Waals surface area contributed by atoms with E-state index in [9.17, 15) is 8.42 Å². The highest BCUT2D eigenvalue weighted by atomic mass is 32.2. The topological polar surface area (TPSA) is 46.2 Å². The fraction of sp³-hybridized carbons (Fsp3) is 0.727. The van der Waals surface area contributed by atoms with E-state index in [2.05, 4.69) is 11.4 Å². The van der Waals surface area contributed by atoms with Gasteiger partial charge < -0.3 is 0 Å². The average Bonchev–Trinajstić information content (AvgIpc) is 2.72. The first kappa shape index (κ1) is 21.3. The van der Waals surface area contributed by atoms with Crippen LogP contribution in [0.25, 0.3) is 0 Å². The average molecular weight is 410 g/mol. The van der Waals surface area contributed by atoms with Gasteiger partial charge in [-0.25, -0.2) is 8.42 Å². The van der Waals surface area contributed by atoms with Crippen LogP contribution in [0, 0.1) is 0 Å². The molecular formula is C22H36NO2PS. The van der Waals surface area contributed by atoms with Crippen molar-refractivity contribution in [3.8, 4) is 0 Å². The molecule has 1 aromatic carbocycles. The molecule has 3 nitrogen and oxygen atoms in total. The molecule has 1 N–H and O–H groups in total. The molecule has 0 bridgehead atoms. The first-order valence-electron chi connectivity index (χ1n) is 11.0. The number of hydrogen-bond acceptors (Lipinski definition) is 2. The van der Waals surface area contributed by atoms with Gasteiger partial charge in [0.15, 0.2) is 0 Å². The maximum absolute atomic E-state index is 13.2. The van der Waals surface area contributed by atoms with E-state index in [1.165, 1.54) is 69.8 Å². The van der Waals surface area contributed by atoms with Crippen molar-refractivity contribution in [1.29, 1.82) is 0 Å². The standard InChI is InChI=1S/C22H36NO2PS/c1-2-3-10-19-15-17-22(18-16-19)27(24,25)23-26(20-11-6-4-7-12-20)21-13-8-5-9-14-21/h15-18,20-21,23H,2-14H2,1H3. The van der Waals surface area contributed by atoms with E-state index < -0.39 is 18.1 Å². The van der Waals surface area contributed by atoms with Crippen molar-refractivity contribution < 1.29 is 8.42 Å². The van der Waals surface area contributed by atoms with Crippen molar-refractivity contribution in [2.45, 2.75) is 107 Å². The van der Waals surface area contributed by atoms with Crippen LogP contribution in [-0.2, 0) is 16.4 Å². The second-order valence-corrected chi connectivity index (χ2v) is 12.8. The van der Waals surface area contributed by atoms with Crippen molar-refractivity contribution in [2.24, 2.45) is 0 Å². The first-order valence-corrected chi connectivity index (χ1v) is 14.0. The molecule has 0 aliphatic heterocycles. The molecule has 2 fully saturated rings. The maximum Gasteiger partial charge on any atom is 0.243 e. The van der Waals surface area contributed by atoms with Gasteiger partial charge in [-0.2, -0.15) is 4.49 Å². The minimum atomic E-state index is -3.42. The van der Waals surface area contributed by atoms with Crippen LogP contribution in [0.4, 0.5) is 0 Å². The SMILES string of the molecule is CCCCc1ccc(S(=O)(=O)NP(C2CCCCC2)C2CCCCC2)cc1. The van der Waals surface area contributed by atoms with Crippen LogP contribution in [-0.4, -0.2) is 19.7 Å². The summed E-state index contributed by atoms with van der Waals surface area (Å²) in [7, 11) is -4.08. The fourth-order valence-corrected chi connectivity index (χ4v) is 10.2. The molecular weight excluding hydrogens is 373 g/mol. The molecule has 1 aromatic rings. The van der Waals surface area contributed by atoms with Gasteiger partial charge in [0.2, 0.25) is 10.0 Å². The van der Waals surface area contributed by atoms with Crippen molar-refractivity contribution in [1.82, 2.24) is 4.49 Å². The molecule has 0 atom stereocenters. The van der Waals surface area contributed by atoms with Crippen LogP contribution in [0.5, 0.6) is 0 Å². The van der Waals surface area contributed by atoms with Crippen LogP contribution in [0.15, 0.2) is 29.2 Å². The third kappa shape index (κ3) is 6.02. The zero-order valence-corrected chi connectivity index (χ0v) is 18.5. The third-order valence-electron chi connectivity index (χ3n) is 6.21. The molecule has 2 aliphatic rings. The molecule has 0 unspecified atom stereocenters. The Morgan fingerprint density at radius 2 is 1.41 bits per heavy atom. The Kier molecular flexibility index (Phi) is 8.17. The van der Waals surface area contributed by atoms with E-state index in [0.29, 0.717) is 16.2 Å². The van der Waals surface area contributed by atoms with Gasteiger partial charge in [-0.1, -0.05) is 64.0 Å². The summed E-state index contributed by atoms with van der Waals surface area (Å²) in [6.45, 7) is 2.18. The van der Waals surface area contributed by atoms with Crippen LogP contribution in [0.3, 0.4) is 0 Å². The van der Waals surface area contributed by atoms with Crippen LogP contribution in [0.2, 0.25) is 0 Å². The zero-order valence-electron chi connectivity index (χ0n) is 16.8. The van der Waals surface area contributed by atoms with Crippen molar-refractivity contribution in [3.05, 3.63) is 29.8 Å². The Bertz CT molecular complexity index is 644. The van der Waals surface area contributed by atoms with Gasteiger partial charge in [0.05, 0.1) is 4.90 Å². The Morgan fingerprint density at radius 1 is 0.889 bits per heavy atom. The van der Waals surface area contributed by atoms with Crippen molar-refractivity contribution >= 4 is 18.1 Å². The second-order valence-electron chi connectivity index (χ2n) is 8.33. The summed E-state index contributed by atoms with van der Waals surface area (Å²) in [6, 6.07) is 7.60. The number of nitrogens with one attached hydrogen (secondary N) is 1. The summed E-state index contributed by atoms with van der Waals surface area (Å²) in [6.07, 6.45) is 15.9. The smallest absolute Gasteiger partial charge is 0.207 e. The van der Waals surface area contributed by atoms with E-state index in [0.717, 1.165) is 19.3 Å². The number of aryl methyl sites for hydroxylation is 1. The predicted octanol–water partition coefficient (Wildman–Crippen LogP) is 6.37. The van der Waals surface area contributed by atoms with Crippen molar-refractivity contribution in [3.63, 3.8) is 0 Å². The highest BCUT2D eigenvalue weighted by Crippen LogP contribution is 2.53. The number of benzene rings is 1. The molecule has 0 aromatic heterocycles. The molecule has 152 valence electrons. The molecule has 2 aliphatic carbocycles. The quantitative estimate of drug-likeness (QED) is 0.507. The van der Waals surface area contributed by atoms with E-state index >= 15 is 0 Å². The lowest BCUT2D eigenvalue weighted by atomic mass is 10.00. The number of hydrogen-bond donors (Lipinski definition) is 1. The van der Waals surface area contributed by atoms with Gasteiger partial charge in [-0.3, -0.25) is 0 Å². The Morgan fingerprint density at radius 3 is 1.89 bits per heavy atom. The van der Waals surface area contributed by atoms with Gasteiger partial charge in [0.25, 0.3) is 0 Å². The molecule has 0 spiro atoms. The van der Waals surface area contributed by atoms with E-state index in [-0.39, 0.29) is 0 Å². The molecule has 5 heteroatoms. The molecule has 0 saturated heterocycles. The largest absolute Gasteiger partial charge is 0.243 e. The Hall–Kier alpha value is -0.440. The number of sulfonamides is 1. The summed E-state index contributed by atoms with van der Waals surface area (Å²) < 4.78 is 29.6. The molecule has 27 heavy (non-hydrogen) atoms. The highest BCUT2D eigenvalue weighted by Gasteiger charge is 2.34. The first-order chi connectivity index (χ1) is 13.1. The highest BCUT2D eigenvalue weighted by molar-refractivity contribution is 7.95. The molecule has 0 heterocycles. The van der Waals surface area contributed by atoms with Gasteiger partial charge in [-0.15, -0.1) is 0 Å². The monoisotopic (exact) mass is 409 g/mol. The fourth-order valence-electron chi connectivity index (χ4n) is 4.57. The lowest BCUT2D eigenvalue weighted by Crippen LogP contribution is -2.31. The lowest BCUT2D eigenvalue weighted by Gasteiger charge is -2.38. The zero-order chi connectivity index (χ0) is 19.1. The number of rotatable bonds is 8. The van der Waals surface area contributed by atoms with Gasteiger partial charge in [0, 0.05) is 0 Å². The molecule has 0 amide bonds. The molecule has 3 rings (SSSR count). The maximum atomic E-state index is 13.2. The Balaban J connectivity index is 1.74. The van der Waals surface area contributed by atoms with Gasteiger partial charge in [0.1, 0.15) is 0 Å². The summed E-state index contributed by atoms with van der Waals surface area (Å²) in [5, 5.41) is 0. The summed E-state index contributed by atoms with van der Waals surface area (Å²) in [5.74, 6) is 0. The minimum absolute atomic E-state index is 0.446. The Labute approximate surface area is 167 Å². The van der Waals surface area contributed by atoms with Gasteiger partial charge >= 0.3 is 0 Å². The lowest BCUT2D eigenvalue weighted by molar-refractivity contribution is 0.482. The van der Waals surface area contributed by atoms with Crippen LogP contribution in [0.1, 0.15) is 89.5 Å². The molecule has 2 saturated carbocycles. The predicted molar refractivity (Wildman–Crippen MR) is 116 cm³/mol. The van der Waals surface area contributed by atoms with Crippen LogP contribution < -0.4 is 4.49 Å². The normalized spacial score (nSPS) is 20.2. The summed E-state index contributed by atoms with van der Waals surface area (Å²) in [5.41, 5.74) is 2.39.